The van der Waals surface area contributed by atoms with Crippen LogP contribution in [-0.4, -0.2) is 43.2 Å². The number of ether oxygens (including phenoxy) is 3. The number of nitrogens with zero attached hydrogens (tertiary/aromatic N) is 2. The molecule has 148 valence electrons. The number of aromatic nitrogens is 1. The molecule has 0 radical (unpaired) electrons. The van der Waals surface area contributed by atoms with E-state index in [0.29, 0.717) is 22.9 Å². The molecule has 0 spiro atoms. The van der Waals surface area contributed by atoms with E-state index in [1.54, 1.807) is 44.2 Å². The fraction of sp³-hybridized carbons (Fsp3) is 0.316. The van der Waals surface area contributed by atoms with Crippen LogP contribution in [0.5, 0.6) is 17.2 Å². The standard InChI is InChI=1S/C19H22N4O5/c1-10(18(24)21-12-5-6-13(26-3)15(9-12)27-4)23-17-14(7-8-16(20)22-17)28-11(2)19(23)25/h5-11H,1-4H3,(H2,20,22)(H,21,24). The average molecular weight is 386 g/mol. The van der Waals surface area contributed by atoms with Crippen molar-refractivity contribution in [3.05, 3.63) is 30.3 Å². The van der Waals surface area contributed by atoms with E-state index in [4.69, 9.17) is 19.9 Å². The number of carbonyl (C=O) groups excluding carboxylic acids is 2. The second kappa shape index (κ2) is 7.63. The van der Waals surface area contributed by atoms with Crippen molar-refractivity contribution >= 4 is 29.1 Å². The zero-order valence-corrected chi connectivity index (χ0v) is 16.1. The van der Waals surface area contributed by atoms with E-state index in [1.165, 1.54) is 19.1 Å². The van der Waals surface area contributed by atoms with Crippen molar-refractivity contribution in [2.24, 2.45) is 0 Å². The molecular formula is C19H22N4O5. The summed E-state index contributed by atoms with van der Waals surface area (Å²) in [7, 11) is 3.03. The van der Waals surface area contributed by atoms with Gasteiger partial charge in [-0.2, -0.15) is 0 Å². The number of nitrogen functional groups attached to an aromatic ring is 1. The van der Waals surface area contributed by atoms with E-state index >= 15 is 0 Å². The maximum atomic E-state index is 12.8. The van der Waals surface area contributed by atoms with Crippen LogP contribution in [0.15, 0.2) is 30.3 Å². The summed E-state index contributed by atoms with van der Waals surface area (Å²) in [6.45, 7) is 3.23. The van der Waals surface area contributed by atoms with Crippen molar-refractivity contribution in [3.8, 4) is 17.2 Å². The number of pyridine rings is 1. The van der Waals surface area contributed by atoms with Crippen molar-refractivity contribution in [1.82, 2.24) is 4.98 Å². The lowest BCUT2D eigenvalue weighted by Gasteiger charge is -2.35. The first kappa shape index (κ1) is 19.3. The van der Waals surface area contributed by atoms with Gasteiger partial charge in [-0.1, -0.05) is 0 Å². The smallest absolute Gasteiger partial charge is 0.269 e. The Hall–Kier alpha value is -3.49. The summed E-state index contributed by atoms with van der Waals surface area (Å²) < 4.78 is 16.0. The highest BCUT2D eigenvalue weighted by atomic mass is 16.5. The summed E-state index contributed by atoms with van der Waals surface area (Å²) in [5.41, 5.74) is 6.26. The first-order valence-electron chi connectivity index (χ1n) is 8.64. The Kier molecular flexibility index (Phi) is 5.25. The number of anilines is 3. The number of methoxy groups -OCH3 is 2. The van der Waals surface area contributed by atoms with Crippen LogP contribution in [0, 0.1) is 0 Å². The number of benzene rings is 1. The molecule has 1 aromatic carbocycles. The van der Waals surface area contributed by atoms with E-state index in [-0.39, 0.29) is 17.5 Å². The highest BCUT2D eigenvalue weighted by molar-refractivity contribution is 6.07. The predicted octanol–water partition coefficient (Wildman–Crippen LogP) is 1.82. The minimum atomic E-state index is -0.847. The Bertz CT molecular complexity index is 917. The van der Waals surface area contributed by atoms with Gasteiger partial charge in [0, 0.05) is 11.8 Å². The molecule has 0 saturated heterocycles. The predicted molar refractivity (Wildman–Crippen MR) is 104 cm³/mol. The number of amides is 2. The normalized spacial score (nSPS) is 16.6. The van der Waals surface area contributed by atoms with Crippen molar-refractivity contribution in [2.75, 3.05) is 30.2 Å². The maximum Gasteiger partial charge on any atom is 0.269 e. The molecule has 9 nitrogen and oxygen atoms in total. The highest BCUT2D eigenvalue weighted by Crippen LogP contribution is 2.35. The summed E-state index contributed by atoms with van der Waals surface area (Å²) in [6, 6.07) is 7.36. The second-order valence-corrected chi connectivity index (χ2v) is 6.26. The van der Waals surface area contributed by atoms with Gasteiger partial charge in [-0.15, -0.1) is 0 Å². The fourth-order valence-corrected chi connectivity index (χ4v) is 2.91. The van der Waals surface area contributed by atoms with Crippen LogP contribution < -0.4 is 30.2 Å². The first-order valence-corrected chi connectivity index (χ1v) is 8.64. The number of rotatable bonds is 5. The van der Waals surface area contributed by atoms with Crippen LogP contribution in [0.2, 0.25) is 0 Å². The van der Waals surface area contributed by atoms with Crippen molar-refractivity contribution in [1.29, 1.82) is 0 Å². The van der Waals surface area contributed by atoms with Gasteiger partial charge in [0.25, 0.3) is 5.91 Å². The van der Waals surface area contributed by atoms with Crippen LogP contribution in [0.4, 0.5) is 17.3 Å². The molecule has 2 heterocycles. The summed E-state index contributed by atoms with van der Waals surface area (Å²) in [4.78, 5) is 31.0. The molecule has 0 saturated carbocycles. The molecule has 3 rings (SSSR count). The zero-order chi connectivity index (χ0) is 20.4. The van der Waals surface area contributed by atoms with Gasteiger partial charge in [-0.05, 0) is 38.1 Å². The quantitative estimate of drug-likeness (QED) is 0.805. The molecule has 9 heteroatoms. The van der Waals surface area contributed by atoms with Crippen molar-refractivity contribution < 1.29 is 23.8 Å². The third kappa shape index (κ3) is 3.51. The van der Waals surface area contributed by atoms with Crippen molar-refractivity contribution in [3.63, 3.8) is 0 Å². The number of fused-ring (bicyclic) bond motifs is 1. The molecule has 3 N–H and O–H groups in total. The van der Waals surface area contributed by atoms with Gasteiger partial charge in [-0.3, -0.25) is 14.5 Å². The Balaban J connectivity index is 1.87. The van der Waals surface area contributed by atoms with Crippen LogP contribution in [0.25, 0.3) is 0 Å². The van der Waals surface area contributed by atoms with E-state index < -0.39 is 18.1 Å². The first-order chi connectivity index (χ1) is 13.3. The van der Waals surface area contributed by atoms with Gasteiger partial charge >= 0.3 is 0 Å². The Labute approximate surface area is 162 Å². The lowest BCUT2D eigenvalue weighted by atomic mass is 10.1. The number of hydrogen-bond acceptors (Lipinski definition) is 7. The molecule has 0 aliphatic carbocycles. The minimum absolute atomic E-state index is 0.220. The monoisotopic (exact) mass is 386 g/mol. The van der Waals surface area contributed by atoms with Crippen LogP contribution >= 0.6 is 0 Å². The van der Waals surface area contributed by atoms with Crippen LogP contribution in [0.1, 0.15) is 13.8 Å². The Morgan fingerprint density at radius 2 is 1.96 bits per heavy atom. The lowest BCUT2D eigenvalue weighted by molar-refractivity contribution is -0.128. The fourth-order valence-electron chi connectivity index (χ4n) is 2.91. The van der Waals surface area contributed by atoms with Gasteiger partial charge in [0.1, 0.15) is 11.9 Å². The zero-order valence-electron chi connectivity index (χ0n) is 16.1. The topological polar surface area (TPSA) is 116 Å². The third-order valence-electron chi connectivity index (χ3n) is 4.40. The second-order valence-electron chi connectivity index (χ2n) is 6.26. The molecule has 0 fully saturated rings. The molecule has 2 aromatic rings. The van der Waals surface area contributed by atoms with E-state index in [2.05, 4.69) is 10.3 Å². The lowest BCUT2D eigenvalue weighted by Crippen LogP contribution is -2.53. The largest absolute Gasteiger partial charge is 0.493 e. The molecular weight excluding hydrogens is 364 g/mol. The van der Waals surface area contributed by atoms with Crippen molar-refractivity contribution in [2.45, 2.75) is 26.0 Å². The Morgan fingerprint density at radius 3 is 2.64 bits per heavy atom. The van der Waals surface area contributed by atoms with Gasteiger partial charge in [0.05, 0.1) is 14.2 Å². The van der Waals surface area contributed by atoms with Gasteiger partial charge in [-0.25, -0.2) is 4.98 Å². The molecule has 0 bridgehead atoms. The summed E-state index contributed by atoms with van der Waals surface area (Å²) in [6.07, 6.45) is -0.741. The van der Waals surface area contributed by atoms with Crippen LogP contribution in [-0.2, 0) is 9.59 Å². The molecule has 1 aliphatic rings. The van der Waals surface area contributed by atoms with E-state index in [0.717, 1.165) is 0 Å². The number of nitrogens with one attached hydrogen (secondary N) is 1. The van der Waals surface area contributed by atoms with Gasteiger partial charge in [0.2, 0.25) is 5.91 Å². The molecule has 1 aliphatic heterocycles. The van der Waals surface area contributed by atoms with Gasteiger partial charge in [0.15, 0.2) is 29.2 Å². The minimum Gasteiger partial charge on any atom is -0.493 e. The third-order valence-corrected chi connectivity index (χ3v) is 4.40. The molecule has 28 heavy (non-hydrogen) atoms. The summed E-state index contributed by atoms with van der Waals surface area (Å²) in [5, 5.41) is 2.78. The van der Waals surface area contributed by atoms with Crippen LogP contribution in [0.3, 0.4) is 0 Å². The highest BCUT2D eigenvalue weighted by Gasteiger charge is 2.38. The molecule has 1 aromatic heterocycles. The average Bonchev–Trinajstić information content (AvgIpc) is 2.68. The summed E-state index contributed by atoms with van der Waals surface area (Å²) >= 11 is 0. The molecule has 2 unspecified atom stereocenters. The number of carbonyl (C=O) groups is 2. The summed E-state index contributed by atoms with van der Waals surface area (Å²) in [5.74, 6) is 1.08. The Morgan fingerprint density at radius 1 is 1.25 bits per heavy atom. The van der Waals surface area contributed by atoms with Gasteiger partial charge < -0.3 is 25.3 Å². The maximum absolute atomic E-state index is 12.8. The number of nitrogens with two attached hydrogens (primary N) is 1. The van der Waals surface area contributed by atoms with E-state index in [9.17, 15) is 9.59 Å². The number of hydrogen-bond donors (Lipinski definition) is 2. The molecule has 2 amide bonds. The van der Waals surface area contributed by atoms with E-state index in [1.807, 2.05) is 0 Å². The molecule has 2 atom stereocenters. The SMILES string of the molecule is COc1ccc(NC(=O)C(C)N2C(=O)C(C)Oc3ccc(N)nc32)cc1OC.